The first kappa shape index (κ1) is 18.1. The van der Waals surface area contributed by atoms with Gasteiger partial charge in [0.15, 0.2) is 0 Å². The van der Waals surface area contributed by atoms with Gasteiger partial charge in [-0.2, -0.15) is 0 Å². The summed E-state index contributed by atoms with van der Waals surface area (Å²) in [6.45, 7) is 4.44. The molecule has 0 radical (unpaired) electrons. The Balaban J connectivity index is 1.71. The molecular formula is C20H21N3O2S. The maximum atomic E-state index is 12.4. The Labute approximate surface area is 156 Å². The van der Waals surface area contributed by atoms with E-state index in [0.717, 1.165) is 34.0 Å². The normalized spacial score (nSPS) is 10.7. The molecule has 2 aromatic heterocycles. The number of thiazole rings is 1. The van der Waals surface area contributed by atoms with Gasteiger partial charge in [-0.15, -0.1) is 11.3 Å². The summed E-state index contributed by atoms with van der Waals surface area (Å²) in [6, 6.07) is 12.9. The highest BCUT2D eigenvalue weighted by atomic mass is 32.1. The molecule has 1 amide bonds. The number of hydrogen-bond donors (Lipinski definition) is 2. The van der Waals surface area contributed by atoms with Crippen molar-refractivity contribution in [2.75, 3.05) is 0 Å². The monoisotopic (exact) mass is 367 g/mol. The second-order valence-corrected chi connectivity index (χ2v) is 7.20. The second kappa shape index (κ2) is 8.10. The summed E-state index contributed by atoms with van der Waals surface area (Å²) in [7, 11) is 0. The molecule has 1 aromatic carbocycles. The summed E-state index contributed by atoms with van der Waals surface area (Å²) >= 11 is 1.61. The topological polar surface area (TPSA) is 74.8 Å². The number of aromatic nitrogens is 2. The Morgan fingerprint density at radius 2 is 1.96 bits per heavy atom. The molecule has 134 valence electrons. The lowest BCUT2D eigenvalue weighted by atomic mass is 10.1. The predicted molar refractivity (Wildman–Crippen MR) is 105 cm³/mol. The van der Waals surface area contributed by atoms with E-state index < -0.39 is 5.56 Å². The van der Waals surface area contributed by atoms with Gasteiger partial charge in [-0.25, -0.2) is 4.98 Å². The number of carbonyl (C=O) groups is 1. The third kappa shape index (κ3) is 4.08. The highest BCUT2D eigenvalue weighted by Gasteiger charge is 2.13. The largest absolute Gasteiger partial charge is 0.347 e. The SMILES string of the molecule is CCCc1nc(C)c(CNC(=O)c2ccc(-c3ccccc3)[nH]c2=O)s1. The van der Waals surface area contributed by atoms with E-state index in [1.807, 2.05) is 37.3 Å². The van der Waals surface area contributed by atoms with Gasteiger partial charge in [-0.1, -0.05) is 37.3 Å². The lowest BCUT2D eigenvalue weighted by Crippen LogP contribution is -2.29. The minimum atomic E-state index is -0.392. The van der Waals surface area contributed by atoms with Crippen LogP contribution in [0.15, 0.2) is 47.3 Å². The first-order chi connectivity index (χ1) is 12.6. The Hall–Kier alpha value is -2.73. The van der Waals surface area contributed by atoms with Gasteiger partial charge in [0.2, 0.25) is 0 Å². The van der Waals surface area contributed by atoms with Crippen molar-refractivity contribution in [2.45, 2.75) is 33.2 Å². The number of nitrogens with one attached hydrogen (secondary N) is 2. The Kier molecular flexibility index (Phi) is 5.63. The first-order valence-corrected chi connectivity index (χ1v) is 9.42. The Morgan fingerprint density at radius 1 is 1.19 bits per heavy atom. The van der Waals surface area contributed by atoms with Crippen molar-refractivity contribution in [3.8, 4) is 11.3 Å². The smallest absolute Gasteiger partial charge is 0.261 e. The first-order valence-electron chi connectivity index (χ1n) is 8.60. The maximum absolute atomic E-state index is 12.4. The minimum absolute atomic E-state index is 0.112. The van der Waals surface area contributed by atoms with Crippen molar-refractivity contribution in [1.29, 1.82) is 0 Å². The molecule has 3 rings (SSSR count). The van der Waals surface area contributed by atoms with E-state index >= 15 is 0 Å². The van der Waals surface area contributed by atoms with Gasteiger partial charge in [0.05, 0.1) is 17.2 Å². The second-order valence-electron chi connectivity index (χ2n) is 6.03. The number of benzene rings is 1. The molecule has 0 aliphatic rings. The van der Waals surface area contributed by atoms with Crippen molar-refractivity contribution in [1.82, 2.24) is 15.3 Å². The van der Waals surface area contributed by atoms with E-state index in [0.29, 0.717) is 12.2 Å². The highest BCUT2D eigenvalue weighted by Crippen LogP contribution is 2.19. The van der Waals surface area contributed by atoms with Crippen molar-refractivity contribution in [3.05, 3.63) is 74.0 Å². The third-order valence-electron chi connectivity index (χ3n) is 4.05. The van der Waals surface area contributed by atoms with E-state index in [1.54, 1.807) is 23.5 Å². The summed E-state index contributed by atoms with van der Waals surface area (Å²) in [5, 5.41) is 3.91. The van der Waals surface area contributed by atoms with Crippen molar-refractivity contribution in [2.24, 2.45) is 0 Å². The fourth-order valence-corrected chi connectivity index (χ4v) is 3.78. The Bertz CT molecular complexity index is 961. The summed E-state index contributed by atoms with van der Waals surface area (Å²) in [4.78, 5) is 33.0. The van der Waals surface area contributed by atoms with Crippen molar-refractivity contribution >= 4 is 17.2 Å². The lowest BCUT2D eigenvalue weighted by Gasteiger charge is -2.06. The van der Waals surface area contributed by atoms with Crippen LogP contribution in [0, 0.1) is 6.92 Å². The molecule has 2 N–H and O–H groups in total. The Morgan fingerprint density at radius 3 is 2.65 bits per heavy atom. The maximum Gasteiger partial charge on any atom is 0.261 e. The van der Waals surface area contributed by atoms with Crippen LogP contribution < -0.4 is 10.9 Å². The average molecular weight is 367 g/mol. The molecule has 0 fully saturated rings. The average Bonchev–Trinajstić information content (AvgIpc) is 3.00. The molecule has 0 atom stereocenters. The molecule has 0 aliphatic carbocycles. The van der Waals surface area contributed by atoms with Crippen LogP contribution in [-0.2, 0) is 13.0 Å². The summed E-state index contributed by atoms with van der Waals surface area (Å²) in [6.07, 6.45) is 1.99. The van der Waals surface area contributed by atoms with Gasteiger partial charge in [-0.3, -0.25) is 9.59 Å². The van der Waals surface area contributed by atoms with Crippen LogP contribution in [0.3, 0.4) is 0 Å². The minimum Gasteiger partial charge on any atom is -0.347 e. The fourth-order valence-electron chi connectivity index (χ4n) is 2.67. The number of aryl methyl sites for hydroxylation is 2. The molecule has 3 aromatic rings. The quantitative estimate of drug-likeness (QED) is 0.698. The van der Waals surface area contributed by atoms with E-state index in [9.17, 15) is 9.59 Å². The molecule has 2 heterocycles. The molecule has 0 saturated heterocycles. The number of pyridine rings is 1. The van der Waals surface area contributed by atoms with Gasteiger partial charge in [0.1, 0.15) is 5.56 Å². The zero-order valence-electron chi connectivity index (χ0n) is 14.8. The number of carbonyl (C=O) groups excluding carboxylic acids is 1. The van der Waals surface area contributed by atoms with Crippen LogP contribution in [0.25, 0.3) is 11.3 Å². The zero-order valence-corrected chi connectivity index (χ0v) is 15.7. The van der Waals surface area contributed by atoms with Gasteiger partial charge in [0.25, 0.3) is 11.5 Å². The van der Waals surface area contributed by atoms with Crippen molar-refractivity contribution < 1.29 is 4.79 Å². The molecular weight excluding hydrogens is 346 g/mol. The van der Waals surface area contributed by atoms with Gasteiger partial charge in [0, 0.05) is 10.6 Å². The van der Waals surface area contributed by atoms with Crippen molar-refractivity contribution in [3.63, 3.8) is 0 Å². The summed E-state index contributed by atoms with van der Waals surface area (Å²) in [5.41, 5.74) is 2.25. The van der Waals surface area contributed by atoms with Crippen LogP contribution in [0.5, 0.6) is 0 Å². The molecule has 0 aliphatic heterocycles. The molecule has 5 nitrogen and oxygen atoms in total. The fraction of sp³-hybridized carbons (Fsp3) is 0.250. The molecule has 0 spiro atoms. The van der Waals surface area contributed by atoms with Gasteiger partial charge in [-0.05, 0) is 37.5 Å². The van der Waals surface area contributed by atoms with Gasteiger partial charge >= 0.3 is 0 Å². The van der Waals surface area contributed by atoms with Crippen LogP contribution in [0.1, 0.15) is 39.3 Å². The van der Waals surface area contributed by atoms with E-state index in [-0.39, 0.29) is 11.5 Å². The number of amides is 1. The summed E-state index contributed by atoms with van der Waals surface area (Å²) in [5.74, 6) is -0.379. The predicted octanol–water partition coefficient (Wildman–Crippen LogP) is 3.69. The van der Waals surface area contributed by atoms with Gasteiger partial charge < -0.3 is 10.3 Å². The van der Waals surface area contributed by atoms with E-state index in [2.05, 4.69) is 22.2 Å². The standard InChI is InChI=1S/C20H21N3O2S/c1-3-7-18-22-13(2)17(26-18)12-21-19(24)15-10-11-16(23-20(15)25)14-8-5-4-6-9-14/h4-6,8-11H,3,7,12H2,1-2H3,(H,21,24)(H,23,25). The molecule has 0 unspecified atom stereocenters. The van der Waals surface area contributed by atoms with E-state index in [4.69, 9.17) is 0 Å². The zero-order chi connectivity index (χ0) is 18.5. The molecule has 6 heteroatoms. The number of aromatic amines is 1. The summed E-state index contributed by atoms with van der Waals surface area (Å²) < 4.78 is 0. The molecule has 0 saturated carbocycles. The van der Waals surface area contributed by atoms with Crippen LogP contribution >= 0.6 is 11.3 Å². The molecule has 26 heavy (non-hydrogen) atoms. The number of rotatable bonds is 6. The lowest BCUT2D eigenvalue weighted by molar-refractivity contribution is 0.0950. The highest BCUT2D eigenvalue weighted by molar-refractivity contribution is 7.11. The van der Waals surface area contributed by atoms with Crippen LogP contribution in [-0.4, -0.2) is 15.9 Å². The number of hydrogen-bond acceptors (Lipinski definition) is 4. The number of nitrogens with zero attached hydrogens (tertiary/aromatic N) is 1. The van der Waals surface area contributed by atoms with Crippen LogP contribution in [0.4, 0.5) is 0 Å². The molecule has 0 bridgehead atoms. The van der Waals surface area contributed by atoms with Crippen LogP contribution in [0.2, 0.25) is 0 Å². The van der Waals surface area contributed by atoms with E-state index in [1.165, 1.54) is 0 Å². The third-order valence-corrected chi connectivity index (χ3v) is 5.27. The number of H-pyrrole nitrogens is 1.